The molecule has 0 radical (unpaired) electrons. The molecule has 4 nitrogen and oxygen atoms in total. The van der Waals surface area contributed by atoms with Crippen molar-refractivity contribution in [3.8, 4) is 5.75 Å². The van der Waals surface area contributed by atoms with Crippen LogP contribution in [-0.4, -0.2) is 28.8 Å². The molecule has 106 valence electrons. The molecule has 1 rings (SSSR count). The Labute approximate surface area is 107 Å². The van der Waals surface area contributed by atoms with Gasteiger partial charge >= 0.3 is 0 Å². The van der Waals surface area contributed by atoms with Gasteiger partial charge in [0, 0.05) is 6.54 Å². The Morgan fingerprint density at radius 3 is 2.58 bits per heavy atom. The summed E-state index contributed by atoms with van der Waals surface area (Å²) in [6, 6.07) is 0.353. The Hall–Kier alpha value is -1.76. The predicted octanol–water partition coefficient (Wildman–Crippen LogP) is 1.70. The zero-order valence-corrected chi connectivity index (χ0v) is 10.2. The maximum Gasteiger partial charge on any atom is 0.254 e. The molecule has 1 aromatic carbocycles. The molecule has 0 aromatic heterocycles. The first-order valence-corrected chi connectivity index (χ1v) is 5.71. The first kappa shape index (κ1) is 15.3. The molecule has 0 bridgehead atoms. The van der Waals surface area contributed by atoms with Gasteiger partial charge in [-0.05, 0) is 12.5 Å². The number of aliphatic hydroxyl groups is 1. The number of hydrogen-bond donors (Lipinski definition) is 3. The summed E-state index contributed by atoms with van der Waals surface area (Å²) in [5.41, 5.74) is -0.819. The molecule has 0 fully saturated rings. The molecule has 7 heteroatoms. The zero-order valence-electron chi connectivity index (χ0n) is 10.2. The molecule has 1 aromatic rings. The Morgan fingerprint density at radius 1 is 1.37 bits per heavy atom. The van der Waals surface area contributed by atoms with Crippen LogP contribution in [0.2, 0.25) is 0 Å². The standard InChI is InChI=1S/C12H14F3NO3/c1-2-3-6(17)5-16-12(19)7-4-8(13)10(15)11(18)9(7)14/h4,6,17-18H,2-3,5H2,1H3,(H,16,19). The highest BCUT2D eigenvalue weighted by molar-refractivity contribution is 5.95. The molecule has 19 heavy (non-hydrogen) atoms. The van der Waals surface area contributed by atoms with Gasteiger partial charge in [-0.25, -0.2) is 8.78 Å². The smallest absolute Gasteiger partial charge is 0.254 e. The number of rotatable bonds is 5. The summed E-state index contributed by atoms with van der Waals surface area (Å²) in [6.45, 7) is 1.68. The monoisotopic (exact) mass is 277 g/mol. The number of carbonyl (C=O) groups is 1. The van der Waals surface area contributed by atoms with Crippen molar-refractivity contribution in [2.75, 3.05) is 6.54 Å². The fourth-order valence-electron chi connectivity index (χ4n) is 1.50. The summed E-state index contributed by atoms with van der Waals surface area (Å²) in [5, 5.41) is 20.5. The molecule has 1 unspecified atom stereocenters. The Kier molecular flexibility index (Phi) is 5.17. The minimum absolute atomic E-state index is 0.147. The number of hydrogen-bond acceptors (Lipinski definition) is 3. The average Bonchev–Trinajstić information content (AvgIpc) is 2.38. The highest BCUT2D eigenvalue weighted by atomic mass is 19.2. The van der Waals surface area contributed by atoms with Crippen LogP contribution >= 0.6 is 0 Å². The number of phenols is 1. The van der Waals surface area contributed by atoms with Gasteiger partial charge in [0.1, 0.15) is 0 Å². The van der Waals surface area contributed by atoms with Crippen molar-refractivity contribution in [1.82, 2.24) is 5.32 Å². The number of aliphatic hydroxyl groups excluding tert-OH is 1. The van der Waals surface area contributed by atoms with E-state index in [1.54, 1.807) is 0 Å². The summed E-state index contributed by atoms with van der Waals surface area (Å²) >= 11 is 0. The van der Waals surface area contributed by atoms with Crippen LogP contribution in [-0.2, 0) is 0 Å². The Balaban J connectivity index is 2.83. The van der Waals surface area contributed by atoms with Crippen LogP contribution in [0.1, 0.15) is 30.1 Å². The lowest BCUT2D eigenvalue weighted by Gasteiger charge is -2.11. The molecule has 0 saturated heterocycles. The SMILES string of the molecule is CCCC(O)CNC(=O)c1cc(F)c(F)c(O)c1F. The summed E-state index contributed by atoms with van der Waals surface area (Å²) in [5.74, 6) is -7.40. The Morgan fingerprint density at radius 2 is 2.00 bits per heavy atom. The van der Waals surface area contributed by atoms with E-state index in [9.17, 15) is 23.1 Å². The van der Waals surface area contributed by atoms with Crippen LogP contribution in [0.5, 0.6) is 5.75 Å². The number of nitrogens with one attached hydrogen (secondary N) is 1. The maximum absolute atomic E-state index is 13.4. The van der Waals surface area contributed by atoms with Gasteiger partial charge in [-0.15, -0.1) is 0 Å². The first-order chi connectivity index (χ1) is 8.88. The molecule has 0 aliphatic carbocycles. The van der Waals surface area contributed by atoms with E-state index in [1.165, 1.54) is 0 Å². The maximum atomic E-state index is 13.4. The van der Waals surface area contributed by atoms with Crippen molar-refractivity contribution in [1.29, 1.82) is 0 Å². The normalized spacial score (nSPS) is 12.3. The molecule has 0 spiro atoms. The minimum Gasteiger partial charge on any atom is -0.503 e. The van der Waals surface area contributed by atoms with Gasteiger partial charge in [0.25, 0.3) is 5.91 Å². The van der Waals surface area contributed by atoms with E-state index in [0.29, 0.717) is 18.9 Å². The molecule has 1 atom stereocenters. The molecular weight excluding hydrogens is 263 g/mol. The lowest BCUT2D eigenvalue weighted by molar-refractivity contribution is 0.0904. The van der Waals surface area contributed by atoms with Crippen LogP contribution in [0.25, 0.3) is 0 Å². The number of phenolic OH excluding ortho intramolecular Hbond substituents is 1. The Bertz CT molecular complexity index is 480. The van der Waals surface area contributed by atoms with Gasteiger partial charge in [0.2, 0.25) is 5.82 Å². The summed E-state index contributed by atoms with van der Waals surface area (Å²) in [7, 11) is 0. The molecule has 0 heterocycles. The van der Waals surface area contributed by atoms with Gasteiger partial charge in [-0.3, -0.25) is 4.79 Å². The highest BCUT2D eigenvalue weighted by Gasteiger charge is 2.22. The van der Waals surface area contributed by atoms with Crippen LogP contribution in [0.4, 0.5) is 13.2 Å². The quantitative estimate of drug-likeness (QED) is 0.717. The minimum atomic E-state index is -1.75. The predicted molar refractivity (Wildman–Crippen MR) is 61.2 cm³/mol. The van der Waals surface area contributed by atoms with Crippen molar-refractivity contribution < 1.29 is 28.2 Å². The van der Waals surface area contributed by atoms with E-state index < -0.39 is 40.8 Å². The van der Waals surface area contributed by atoms with Gasteiger partial charge in [-0.2, -0.15) is 4.39 Å². The zero-order chi connectivity index (χ0) is 14.6. The number of carbonyl (C=O) groups excluding carboxylic acids is 1. The van der Waals surface area contributed by atoms with Crippen LogP contribution in [0, 0.1) is 17.5 Å². The van der Waals surface area contributed by atoms with Gasteiger partial charge < -0.3 is 15.5 Å². The topological polar surface area (TPSA) is 69.6 Å². The highest BCUT2D eigenvalue weighted by Crippen LogP contribution is 2.25. The number of amides is 1. The number of halogens is 3. The lowest BCUT2D eigenvalue weighted by Crippen LogP contribution is -2.32. The molecular formula is C12H14F3NO3. The number of aromatic hydroxyl groups is 1. The summed E-state index contributed by atoms with van der Waals surface area (Å²) < 4.78 is 39.2. The summed E-state index contributed by atoms with van der Waals surface area (Å²) in [4.78, 5) is 11.5. The van der Waals surface area contributed by atoms with Gasteiger partial charge in [-0.1, -0.05) is 13.3 Å². The molecule has 1 amide bonds. The van der Waals surface area contributed by atoms with Crippen molar-refractivity contribution >= 4 is 5.91 Å². The van der Waals surface area contributed by atoms with E-state index in [-0.39, 0.29) is 6.54 Å². The average molecular weight is 277 g/mol. The van der Waals surface area contributed by atoms with Crippen molar-refractivity contribution in [3.05, 3.63) is 29.1 Å². The third kappa shape index (κ3) is 3.60. The number of benzene rings is 1. The van der Waals surface area contributed by atoms with Crippen molar-refractivity contribution in [2.24, 2.45) is 0 Å². The van der Waals surface area contributed by atoms with E-state index >= 15 is 0 Å². The van der Waals surface area contributed by atoms with Crippen molar-refractivity contribution in [2.45, 2.75) is 25.9 Å². The largest absolute Gasteiger partial charge is 0.503 e. The van der Waals surface area contributed by atoms with Gasteiger partial charge in [0.15, 0.2) is 17.4 Å². The fraction of sp³-hybridized carbons (Fsp3) is 0.417. The van der Waals surface area contributed by atoms with Crippen LogP contribution in [0.3, 0.4) is 0 Å². The van der Waals surface area contributed by atoms with E-state index in [0.717, 1.165) is 0 Å². The van der Waals surface area contributed by atoms with E-state index in [1.807, 2.05) is 6.92 Å². The van der Waals surface area contributed by atoms with Crippen molar-refractivity contribution in [3.63, 3.8) is 0 Å². The van der Waals surface area contributed by atoms with Gasteiger partial charge in [0.05, 0.1) is 11.7 Å². The first-order valence-electron chi connectivity index (χ1n) is 5.71. The van der Waals surface area contributed by atoms with Crippen LogP contribution in [0.15, 0.2) is 6.07 Å². The lowest BCUT2D eigenvalue weighted by atomic mass is 10.1. The van der Waals surface area contributed by atoms with E-state index in [2.05, 4.69) is 5.32 Å². The third-order valence-corrected chi connectivity index (χ3v) is 2.50. The molecule has 3 N–H and O–H groups in total. The fourth-order valence-corrected chi connectivity index (χ4v) is 1.50. The molecule has 0 aliphatic heterocycles. The third-order valence-electron chi connectivity index (χ3n) is 2.50. The van der Waals surface area contributed by atoms with E-state index in [4.69, 9.17) is 5.11 Å². The molecule has 0 saturated carbocycles. The summed E-state index contributed by atoms with van der Waals surface area (Å²) in [6.07, 6.45) is 0.319. The van der Waals surface area contributed by atoms with Crippen LogP contribution < -0.4 is 5.32 Å². The molecule has 0 aliphatic rings. The second kappa shape index (κ2) is 6.42. The second-order valence-corrected chi connectivity index (χ2v) is 4.04. The second-order valence-electron chi connectivity index (χ2n) is 4.04.